The Kier molecular flexibility index (Phi) is 3.49. The zero-order valence-corrected chi connectivity index (χ0v) is 11.4. The fourth-order valence-corrected chi connectivity index (χ4v) is 2.13. The molecule has 3 aromatic rings. The smallest absolute Gasteiger partial charge is 0.275 e. The second kappa shape index (κ2) is 5.61. The first kappa shape index (κ1) is 13.7. The van der Waals surface area contributed by atoms with Crippen LogP contribution in [0.15, 0.2) is 53.8 Å². The molecule has 6 nitrogen and oxygen atoms in total. The molecule has 3 rings (SSSR count). The van der Waals surface area contributed by atoms with E-state index in [4.69, 9.17) is 0 Å². The summed E-state index contributed by atoms with van der Waals surface area (Å²) < 4.78 is 0. The Morgan fingerprint density at radius 2 is 2.00 bits per heavy atom. The molecule has 6 heteroatoms. The maximum atomic E-state index is 11.9. The van der Waals surface area contributed by atoms with E-state index in [1.807, 2.05) is 24.3 Å². The van der Waals surface area contributed by atoms with E-state index in [2.05, 4.69) is 15.5 Å². The minimum absolute atomic E-state index is 0.0360. The molecule has 0 spiro atoms. The van der Waals surface area contributed by atoms with Crippen molar-refractivity contribution in [2.75, 3.05) is 0 Å². The number of para-hydroxylation sites is 1. The molecule has 0 fully saturated rings. The van der Waals surface area contributed by atoms with Gasteiger partial charge in [0.1, 0.15) is 11.5 Å². The molecule has 0 bridgehead atoms. The first-order valence-electron chi connectivity index (χ1n) is 6.56. The second-order valence-electron chi connectivity index (χ2n) is 4.69. The number of hydrazone groups is 1. The third-order valence-corrected chi connectivity index (χ3v) is 3.22. The highest BCUT2D eigenvalue weighted by Crippen LogP contribution is 2.22. The van der Waals surface area contributed by atoms with Crippen LogP contribution >= 0.6 is 0 Å². The van der Waals surface area contributed by atoms with Gasteiger partial charge in [-0.25, -0.2) is 5.43 Å². The van der Waals surface area contributed by atoms with Crippen molar-refractivity contribution < 1.29 is 15.0 Å². The van der Waals surface area contributed by atoms with E-state index >= 15 is 0 Å². The van der Waals surface area contributed by atoms with Crippen molar-refractivity contribution in [1.82, 2.24) is 10.4 Å². The number of H-pyrrole nitrogens is 1. The Balaban J connectivity index is 1.75. The quantitative estimate of drug-likeness (QED) is 0.441. The lowest BCUT2D eigenvalue weighted by molar-refractivity contribution is 0.0952. The average molecular weight is 295 g/mol. The molecule has 0 aliphatic rings. The van der Waals surface area contributed by atoms with Crippen LogP contribution in [-0.4, -0.2) is 27.3 Å². The number of nitrogens with one attached hydrogen (secondary N) is 2. The summed E-state index contributed by atoms with van der Waals surface area (Å²) in [7, 11) is 0. The summed E-state index contributed by atoms with van der Waals surface area (Å²) in [6, 6.07) is 11.5. The lowest BCUT2D eigenvalue weighted by atomic mass is 10.2. The predicted octanol–water partition coefficient (Wildman–Crippen LogP) is 2.34. The molecule has 0 saturated heterocycles. The molecule has 0 radical (unpaired) electrons. The van der Waals surface area contributed by atoms with Crippen LogP contribution in [0.3, 0.4) is 0 Å². The van der Waals surface area contributed by atoms with Crippen LogP contribution in [-0.2, 0) is 0 Å². The molecule has 0 aliphatic carbocycles. The third kappa shape index (κ3) is 2.62. The van der Waals surface area contributed by atoms with Crippen molar-refractivity contribution in [3.8, 4) is 11.5 Å². The molecule has 0 atom stereocenters. The van der Waals surface area contributed by atoms with Crippen molar-refractivity contribution in [3.63, 3.8) is 0 Å². The van der Waals surface area contributed by atoms with Gasteiger partial charge in [-0.2, -0.15) is 5.10 Å². The fraction of sp³-hybridized carbons (Fsp3) is 0. The maximum absolute atomic E-state index is 11.9. The third-order valence-electron chi connectivity index (χ3n) is 3.22. The highest BCUT2D eigenvalue weighted by atomic mass is 16.3. The lowest BCUT2D eigenvalue weighted by Crippen LogP contribution is -2.17. The van der Waals surface area contributed by atoms with Gasteiger partial charge in [-0.3, -0.25) is 4.79 Å². The number of hydrogen-bond acceptors (Lipinski definition) is 4. The summed E-state index contributed by atoms with van der Waals surface area (Å²) in [5, 5.41) is 23.7. The van der Waals surface area contributed by atoms with Crippen LogP contribution in [0.4, 0.5) is 0 Å². The topological polar surface area (TPSA) is 97.7 Å². The van der Waals surface area contributed by atoms with Gasteiger partial charge >= 0.3 is 0 Å². The second-order valence-corrected chi connectivity index (χ2v) is 4.69. The van der Waals surface area contributed by atoms with Gasteiger partial charge in [-0.15, -0.1) is 0 Å². The van der Waals surface area contributed by atoms with Gasteiger partial charge in [0.15, 0.2) is 0 Å². The van der Waals surface area contributed by atoms with Crippen molar-refractivity contribution in [2.45, 2.75) is 0 Å². The van der Waals surface area contributed by atoms with Crippen LogP contribution in [0.25, 0.3) is 10.9 Å². The number of aromatic hydroxyl groups is 2. The van der Waals surface area contributed by atoms with E-state index < -0.39 is 5.91 Å². The summed E-state index contributed by atoms with van der Waals surface area (Å²) in [6.07, 6.45) is 3.31. The molecular formula is C16H13N3O3. The summed E-state index contributed by atoms with van der Waals surface area (Å²) in [5.41, 5.74) is 4.19. The molecule has 2 aromatic carbocycles. The van der Waals surface area contributed by atoms with Gasteiger partial charge < -0.3 is 15.2 Å². The number of carbonyl (C=O) groups excluding carboxylic acids is 1. The van der Waals surface area contributed by atoms with E-state index in [0.717, 1.165) is 22.5 Å². The minimum Gasteiger partial charge on any atom is -0.508 e. The number of phenols is 2. The number of aromatic nitrogens is 1. The Morgan fingerprint density at radius 3 is 2.82 bits per heavy atom. The summed E-state index contributed by atoms with van der Waals surface area (Å²) >= 11 is 0. The number of amides is 1. The molecule has 0 saturated carbocycles. The number of carbonyl (C=O) groups is 1. The van der Waals surface area contributed by atoms with Crippen molar-refractivity contribution in [2.24, 2.45) is 5.10 Å². The number of aromatic amines is 1. The Hall–Kier alpha value is -3.28. The van der Waals surface area contributed by atoms with Gasteiger partial charge in [0.2, 0.25) is 0 Å². The van der Waals surface area contributed by atoms with E-state index in [1.54, 1.807) is 6.20 Å². The van der Waals surface area contributed by atoms with Gasteiger partial charge in [-0.05, 0) is 18.2 Å². The molecule has 1 aromatic heterocycles. The Labute approximate surface area is 125 Å². The van der Waals surface area contributed by atoms with Gasteiger partial charge in [0.25, 0.3) is 5.91 Å². The Bertz CT molecular complexity index is 868. The molecule has 22 heavy (non-hydrogen) atoms. The minimum atomic E-state index is -0.561. The standard InChI is InChI=1S/C16H13N3O3/c20-11-5-6-13(15(21)7-11)16(22)19-18-9-10-8-17-14-4-2-1-3-12(10)14/h1-9,17,20-21H,(H,19,22)/b18-9+. The van der Waals surface area contributed by atoms with Crippen LogP contribution in [0.2, 0.25) is 0 Å². The predicted molar refractivity (Wildman–Crippen MR) is 83.1 cm³/mol. The van der Waals surface area contributed by atoms with Gasteiger partial charge in [0.05, 0.1) is 11.8 Å². The van der Waals surface area contributed by atoms with Crippen molar-refractivity contribution in [1.29, 1.82) is 0 Å². The largest absolute Gasteiger partial charge is 0.508 e. The average Bonchev–Trinajstić information content (AvgIpc) is 2.90. The van der Waals surface area contributed by atoms with E-state index in [-0.39, 0.29) is 17.1 Å². The highest BCUT2D eigenvalue weighted by Gasteiger charge is 2.10. The number of phenolic OH excluding ortho intramolecular Hbond substituents is 2. The van der Waals surface area contributed by atoms with E-state index in [1.165, 1.54) is 18.3 Å². The highest BCUT2D eigenvalue weighted by molar-refractivity contribution is 6.00. The molecule has 1 heterocycles. The molecule has 0 unspecified atom stereocenters. The Morgan fingerprint density at radius 1 is 1.18 bits per heavy atom. The monoisotopic (exact) mass is 295 g/mol. The lowest BCUT2D eigenvalue weighted by Gasteiger charge is -2.03. The van der Waals surface area contributed by atoms with Crippen LogP contribution in [0, 0.1) is 0 Å². The van der Waals surface area contributed by atoms with Crippen LogP contribution in [0.5, 0.6) is 11.5 Å². The van der Waals surface area contributed by atoms with E-state index in [9.17, 15) is 15.0 Å². The SMILES string of the molecule is O=C(N/N=C/c1c[nH]c2ccccc12)c1ccc(O)cc1O. The van der Waals surface area contributed by atoms with Gasteiger partial charge in [0, 0.05) is 28.7 Å². The first-order valence-corrected chi connectivity index (χ1v) is 6.56. The van der Waals surface area contributed by atoms with Crippen LogP contribution in [0.1, 0.15) is 15.9 Å². The normalized spacial score (nSPS) is 11.1. The molecule has 0 aliphatic heterocycles. The van der Waals surface area contributed by atoms with E-state index in [0.29, 0.717) is 0 Å². The summed E-state index contributed by atoms with van der Waals surface area (Å²) in [5.74, 6) is -0.982. The number of rotatable bonds is 3. The van der Waals surface area contributed by atoms with Crippen molar-refractivity contribution >= 4 is 23.0 Å². The van der Waals surface area contributed by atoms with Gasteiger partial charge in [-0.1, -0.05) is 18.2 Å². The number of nitrogens with zero attached hydrogens (tertiary/aromatic N) is 1. The zero-order chi connectivity index (χ0) is 15.5. The van der Waals surface area contributed by atoms with Crippen molar-refractivity contribution in [3.05, 3.63) is 59.8 Å². The summed E-state index contributed by atoms with van der Waals surface area (Å²) in [4.78, 5) is 15.0. The molecular weight excluding hydrogens is 282 g/mol. The summed E-state index contributed by atoms with van der Waals surface area (Å²) in [6.45, 7) is 0. The zero-order valence-electron chi connectivity index (χ0n) is 11.4. The molecule has 1 amide bonds. The number of fused-ring (bicyclic) bond motifs is 1. The molecule has 110 valence electrons. The number of hydrogen-bond donors (Lipinski definition) is 4. The fourth-order valence-electron chi connectivity index (χ4n) is 2.13. The molecule has 4 N–H and O–H groups in total. The first-order chi connectivity index (χ1) is 10.6. The maximum Gasteiger partial charge on any atom is 0.275 e. The number of benzene rings is 2. The van der Waals surface area contributed by atoms with Crippen LogP contribution < -0.4 is 5.43 Å².